The van der Waals surface area contributed by atoms with Crippen LogP contribution in [0.25, 0.3) is 17.1 Å². The summed E-state index contributed by atoms with van der Waals surface area (Å²) < 4.78 is 8.44. The fourth-order valence-electron chi connectivity index (χ4n) is 1.78. The van der Waals surface area contributed by atoms with Gasteiger partial charge in [-0.05, 0) is 17.6 Å². The normalized spacial score (nSPS) is 11.8. The molecule has 0 saturated heterocycles. The van der Waals surface area contributed by atoms with E-state index in [1.165, 1.54) is 6.08 Å². The summed E-state index contributed by atoms with van der Waals surface area (Å²) in [6.45, 7) is 4.11. The van der Waals surface area contributed by atoms with Gasteiger partial charge in [0.2, 0.25) is 0 Å². The minimum atomic E-state index is -1.24. The average molecular weight is 273 g/mol. The van der Waals surface area contributed by atoms with Crippen molar-refractivity contribution in [2.75, 3.05) is 0 Å². The Morgan fingerprint density at radius 2 is 2.11 bits per heavy atom. The van der Waals surface area contributed by atoms with E-state index in [9.17, 15) is 4.79 Å². The number of carbonyl (C=O) groups is 1. The van der Waals surface area contributed by atoms with Crippen LogP contribution in [0.2, 0.25) is 0 Å². The zero-order valence-corrected chi connectivity index (χ0v) is 11.2. The molecule has 1 heterocycles. The number of benzene rings is 1. The van der Waals surface area contributed by atoms with Crippen molar-refractivity contribution in [3.8, 4) is 6.07 Å². The molecule has 0 aliphatic heterocycles. The number of carboxylic acid groups (broad SMARTS) is 1. The first-order valence-corrected chi connectivity index (χ1v) is 6.38. The Kier molecular flexibility index (Phi) is 3.58. The lowest BCUT2D eigenvalue weighted by Gasteiger charge is -2.06. The fourth-order valence-corrected chi connectivity index (χ4v) is 2.37. The quantitative estimate of drug-likeness (QED) is 0.686. The third-order valence-electron chi connectivity index (χ3n) is 2.75. The molecule has 1 N–H and O–H groups in total. The van der Waals surface area contributed by atoms with Gasteiger partial charge in [-0.2, -0.15) is 14.0 Å². The Bertz CT molecular complexity index is 710. The second-order valence-electron chi connectivity index (χ2n) is 4.34. The Morgan fingerprint density at radius 3 is 2.68 bits per heavy atom. The zero-order valence-electron chi connectivity index (χ0n) is 10.4. The van der Waals surface area contributed by atoms with Crippen LogP contribution in [0.1, 0.15) is 30.9 Å². The molecule has 0 bridgehead atoms. The van der Waals surface area contributed by atoms with E-state index in [1.54, 1.807) is 12.1 Å². The van der Waals surface area contributed by atoms with Gasteiger partial charge in [0.1, 0.15) is 22.7 Å². The number of hydrogen-bond donors (Lipinski definition) is 1. The number of nitrogens with zero attached hydrogens (tertiary/aromatic N) is 3. The summed E-state index contributed by atoms with van der Waals surface area (Å²) in [5.41, 5.74) is 2.77. The van der Waals surface area contributed by atoms with Gasteiger partial charge in [-0.1, -0.05) is 26.0 Å². The number of rotatable bonds is 3. The number of fused-ring (bicyclic) bond motifs is 1. The highest BCUT2D eigenvalue weighted by atomic mass is 32.1. The maximum atomic E-state index is 10.9. The van der Waals surface area contributed by atoms with E-state index in [0.29, 0.717) is 17.0 Å². The van der Waals surface area contributed by atoms with E-state index in [4.69, 9.17) is 10.4 Å². The summed E-state index contributed by atoms with van der Waals surface area (Å²) in [7, 11) is 0. The van der Waals surface area contributed by atoms with Crippen molar-refractivity contribution in [3.63, 3.8) is 0 Å². The van der Waals surface area contributed by atoms with Crippen LogP contribution in [-0.4, -0.2) is 19.8 Å². The van der Waals surface area contributed by atoms with Crippen molar-refractivity contribution in [2.24, 2.45) is 0 Å². The van der Waals surface area contributed by atoms with Crippen molar-refractivity contribution < 1.29 is 9.90 Å². The molecule has 6 heteroatoms. The van der Waals surface area contributed by atoms with Gasteiger partial charge >= 0.3 is 5.97 Å². The summed E-state index contributed by atoms with van der Waals surface area (Å²) in [5, 5.41) is 17.7. The van der Waals surface area contributed by atoms with Crippen molar-refractivity contribution in [1.29, 1.82) is 5.26 Å². The van der Waals surface area contributed by atoms with Gasteiger partial charge in [0.25, 0.3) is 0 Å². The highest BCUT2D eigenvalue weighted by molar-refractivity contribution is 7.00. The summed E-state index contributed by atoms with van der Waals surface area (Å²) in [6, 6.07) is 5.34. The maximum absolute atomic E-state index is 10.9. The molecule has 1 aromatic carbocycles. The van der Waals surface area contributed by atoms with Crippen LogP contribution in [0.15, 0.2) is 17.7 Å². The minimum absolute atomic E-state index is 0.305. The molecule has 0 spiro atoms. The molecule has 96 valence electrons. The zero-order chi connectivity index (χ0) is 14.0. The smallest absolute Gasteiger partial charge is 0.346 e. The van der Waals surface area contributed by atoms with Gasteiger partial charge in [-0.15, -0.1) is 0 Å². The predicted octanol–water partition coefficient (Wildman–Crippen LogP) is 2.81. The first kappa shape index (κ1) is 13.2. The average Bonchev–Trinajstić information content (AvgIpc) is 2.84. The van der Waals surface area contributed by atoms with E-state index < -0.39 is 5.97 Å². The molecule has 1 aromatic heterocycles. The van der Waals surface area contributed by atoms with E-state index in [0.717, 1.165) is 22.8 Å². The highest BCUT2D eigenvalue weighted by Gasteiger charge is 2.13. The molecule has 0 radical (unpaired) electrons. The van der Waals surface area contributed by atoms with Gasteiger partial charge in [-0.25, -0.2) is 4.79 Å². The topological polar surface area (TPSA) is 86.9 Å². The van der Waals surface area contributed by atoms with Crippen molar-refractivity contribution in [3.05, 3.63) is 28.8 Å². The summed E-state index contributed by atoms with van der Waals surface area (Å²) in [6.07, 6.45) is 1.33. The largest absolute Gasteiger partial charge is 0.477 e. The molecule has 0 unspecified atom stereocenters. The summed E-state index contributed by atoms with van der Waals surface area (Å²) >= 11 is 1.08. The van der Waals surface area contributed by atoms with Gasteiger partial charge in [0.05, 0.1) is 11.7 Å². The summed E-state index contributed by atoms with van der Waals surface area (Å²) in [4.78, 5) is 10.9. The molecule has 5 nitrogen and oxygen atoms in total. The second-order valence-corrected chi connectivity index (χ2v) is 4.86. The number of aliphatic carboxylic acids is 1. The monoisotopic (exact) mass is 273 g/mol. The molecular weight excluding hydrogens is 262 g/mol. The molecule has 0 atom stereocenters. The first-order chi connectivity index (χ1) is 9.04. The van der Waals surface area contributed by atoms with E-state index >= 15 is 0 Å². The Hall–Kier alpha value is -2.26. The van der Waals surface area contributed by atoms with Crippen molar-refractivity contribution >= 4 is 34.8 Å². The van der Waals surface area contributed by atoms with Crippen LogP contribution in [0, 0.1) is 11.3 Å². The Balaban J connectivity index is 2.65. The Morgan fingerprint density at radius 1 is 1.42 bits per heavy atom. The molecule has 0 saturated carbocycles. The van der Waals surface area contributed by atoms with Crippen molar-refractivity contribution in [2.45, 2.75) is 19.8 Å². The lowest BCUT2D eigenvalue weighted by atomic mass is 9.98. The van der Waals surface area contributed by atoms with E-state index in [2.05, 4.69) is 22.6 Å². The van der Waals surface area contributed by atoms with E-state index in [-0.39, 0.29) is 5.57 Å². The minimum Gasteiger partial charge on any atom is -0.477 e. The van der Waals surface area contributed by atoms with Crippen molar-refractivity contribution in [1.82, 2.24) is 8.75 Å². The molecule has 2 rings (SSSR count). The van der Waals surface area contributed by atoms with Crippen LogP contribution in [0.4, 0.5) is 0 Å². The van der Waals surface area contributed by atoms with Crippen LogP contribution in [0.5, 0.6) is 0 Å². The number of aromatic nitrogens is 2. The molecule has 19 heavy (non-hydrogen) atoms. The number of hydrogen-bond acceptors (Lipinski definition) is 5. The predicted molar refractivity (Wildman–Crippen MR) is 72.7 cm³/mol. The number of carboxylic acids is 1. The number of nitriles is 1. The lowest BCUT2D eigenvalue weighted by molar-refractivity contribution is -0.132. The SMILES string of the molecule is CC(C)c1ccc(/C=C(\C#N)C(=O)O)c2nsnc12. The lowest BCUT2D eigenvalue weighted by Crippen LogP contribution is -1.98. The van der Waals surface area contributed by atoms with Crippen LogP contribution in [-0.2, 0) is 4.79 Å². The first-order valence-electron chi connectivity index (χ1n) is 5.65. The van der Waals surface area contributed by atoms with Crippen LogP contribution < -0.4 is 0 Å². The van der Waals surface area contributed by atoms with Gasteiger partial charge < -0.3 is 5.11 Å². The molecular formula is C13H11N3O2S. The van der Waals surface area contributed by atoms with Gasteiger partial charge in [0, 0.05) is 5.56 Å². The van der Waals surface area contributed by atoms with Gasteiger partial charge in [-0.3, -0.25) is 0 Å². The van der Waals surface area contributed by atoms with Gasteiger partial charge in [0.15, 0.2) is 0 Å². The van der Waals surface area contributed by atoms with E-state index in [1.807, 2.05) is 6.07 Å². The van der Waals surface area contributed by atoms with Crippen LogP contribution >= 0.6 is 11.7 Å². The maximum Gasteiger partial charge on any atom is 0.346 e. The molecule has 0 fully saturated rings. The Labute approximate surface area is 114 Å². The van der Waals surface area contributed by atoms with Crippen LogP contribution in [0.3, 0.4) is 0 Å². The third kappa shape index (κ3) is 2.46. The molecule has 2 aromatic rings. The molecule has 0 aliphatic rings. The molecule has 0 aliphatic carbocycles. The summed E-state index contributed by atoms with van der Waals surface area (Å²) in [5.74, 6) is -0.939. The highest BCUT2D eigenvalue weighted by Crippen LogP contribution is 2.27. The third-order valence-corrected chi connectivity index (χ3v) is 3.28. The standard InChI is InChI=1S/C13H11N3O2S/c1-7(2)10-4-3-8(5-9(6-14)13(17)18)11-12(10)16-19-15-11/h3-5,7H,1-2H3,(H,17,18)/b9-5+. The fraction of sp³-hybridized carbons (Fsp3) is 0.231. The second kappa shape index (κ2) is 5.16. The molecule has 0 amide bonds.